The molecule has 2 heteroatoms. The van der Waals surface area contributed by atoms with Crippen molar-refractivity contribution in [3.05, 3.63) is 28.8 Å². The van der Waals surface area contributed by atoms with Crippen LogP contribution in [0, 0.1) is 6.92 Å². The van der Waals surface area contributed by atoms with E-state index >= 15 is 0 Å². The zero-order valence-electron chi connectivity index (χ0n) is 13.6. The summed E-state index contributed by atoms with van der Waals surface area (Å²) < 4.78 is 0. The maximum absolute atomic E-state index is 10.0. The molecule has 0 bridgehead atoms. The first kappa shape index (κ1) is 18.0. The molecule has 1 aromatic carbocycles. The summed E-state index contributed by atoms with van der Waals surface area (Å²) in [6, 6.07) is 4.27. The minimum absolute atomic E-state index is 0.489. The van der Waals surface area contributed by atoms with Crippen LogP contribution in [0.2, 0.25) is 0 Å². The molecular formula is C17H31NO. The van der Waals surface area contributed by atoms with E-state index in [2.05, 4.69) is 38.1 Å². The van der Waals surface area contributed by atoms with E-state index in [4.69, 9.17) is 0 Å². The summed E-state index contributed by atoms with van der Waals surface area (Å²) in [6.45, 7) is 9.24. The lowest BCUT2D eigenvalue weighted by Gasteiger charge is -2.12. The number of hydrogen-bond donors (Lipinski definition) is 1. The van der Waals surface area contributed by atoms with Gasteiger partial charge < -0.3 is 10.0 Å². The molecular weight excluding hydrogens is 234 g/mol. The van der Waals surface area contributed by atoms with Crippen molar-refractivity contribution < 1.29 is 5.11 Å². The van der Waals surface area contributed by atoms with Crippen LogP contribution >= 0.6 is 0 Å². The summed E-state index contributed by atoms with van der Waals surface area (Å²) in [5.41, 5.74) is 3.47. The van der Waals surface area contributed by atoms with Crippen molar-refractivity contribution in [1.82, 2.24) is 4.90 Å². The van der Waals surface area contributed by atoms with Gasteiger partial charge in [-0.3, -0.25) is 0 Å². The molecule has 0 aromatic heterocycles. The summed E-state index contributed by atoms with van der Waals surface area (Å²) in [5.74, 6) is 0.489. The molecule has 110 valence electrons. The Bertz CT molecular complexity index is 359. The quantitative estimate of drug-likeness (QED) is 0.834. The lowest BCUT2D eigenvalue weighted by atomic mass is 9.99. The highest BCUT2D eigenvalue weighted by atomic mass is 16.3. The van der Waals surface area contributed by atoms with Crippen LogP contribution in [-0.2, 0) is 12.8 Å². The largest absolute Gasteiger partial charge is 0.507 e. The van der Waals surface area contributed by atoms with Gasteiger partial charge in [0.2, 0.25) is 0 Å². The molecule has 0 amide bonds. The normalized spacial score (nSPS) is 10.3. The monoisotopic (exact) mass is 265 g/mol. The number of phenolic OH excluding ortho intramolecular Hbond substituents is 1. The van der Waals surface area contributed by atoms with Crippen molar-refractivity contribution in [2.45, 2.75) is 53.4 Å². The molecule has 1 N–H and O–H groups in total. The molecule has 1 aromatic rings. The average molecular weight is 265 g/mol. The van der Waals surface area contributed by atoms with Gasteiger partial charge >= 0.3 is 0 Å². The van der Waals surface area contributed by atoms with Gasteiger partial charge in [0.05, 0.1) is 0 Å². The van der Waals surface area contributed by atoms with E-state index in [1.807, 2.05) is 20.8 Å². The van der Waals surface area contributed by atoms with Gasteiger partial charge in [0, 0.05) is 0 Å². The standard InChI is InChI=1S/C15H25NO.C2H6/c1-5-7-13-10-12(2)15(17)14(11-13)8-6-9-16(3)4;1-2/h10-11,17H,5-9H2,1-4H3;1-2H3. The van der Waals surface area contributed by atoms with E-state index in [9.17, 15) is 5.11 Å². The molecule has 0 heterocycles. The molecule has 0 atom stereocenters. The molecule has 0 saturated carbocycles. The van der Waals surface area contributed by atoms with Crippen molar-refractivity contribution >= 4 is 0 Å². The van der Waals surface area contributed by atoms with Crippen LogP contribution in [-0.4, -0.2) is 30.6 Å². The third-order valence-electron chi connectivity index (χ3n) is 3.03. The average Bonchev–Trinajstić information content (AvgIpc) is 2.37. The molecule has 0 saturated heterocycles. The number of hydrogen-bond acceptors (Lipinski definition) is 2. The summed E-state index contributed by atoms with van der Waals surface area (Å²) in [5, 5.41) is 10.0. The molecule has 0 aliphatic carbocycles. The van der Waals surface area contributed by atoms with E-state index < -0.39 is 0 Å². The molecule has 0 unspecified atom stereocenters. The third kappa shape index (κ3) is 6.63. The second-order valence-corrected chi connectivity index (χ2v) is 5.08. The topological polar surface area (TPSA) is 23.5 Å². The molecule has 0 aliphatic rings. The number of phenols is 1. The van der Waals surface area contributed by atoms with E-state index in [0.717, 1.165) is 43.4 Å². The minimum atomic E-state index is 0.489. The first-order valence-electron chi connectivity index (χ1n) is 7.50. The van der Waals surface area contributed by atoms with Crippen LogP contribution < -0.4 is 0 Å². The fourth-order valence-electron chi connectivity index (χ4n) is 2.14. The SMILES string of the molecule is CC.CCCc1cc(C)c(O)c(CCCN(C)C)c1. The molecule has 1 rings (SSSR count). The molecule has 2 nitrogen and oxygen atoms in total. The van der Waals surface area contributed by atoms with Crippen LogP contribution in [0.25, 0.3) is 0 Å². The predicted molar refractivity (Wildman–Crippen MR) is 85.1 cm³/mol. The minimum Gasteiger partial charge on any atom is -0.507 e. The van der Waals surface area contributed by atoms with E-state index in [1.54, 1.807) is 0 Å². The molecule has 0 fully saturated rings. The summed E-state index contributed by atoms with van der Waals surface area (Å²) in [7, 11) is 4.16. The number of rotatable bonds is 6. The van der Waals surface area contributed by atoms with Gasteiger partial charge in [-0.2, -0.15) is 0 Å². The van der Waals surface area contributed by atoms with Gasteiger partial charge in [-0.15, -0.1) is 0 Å². The Morgan fingerprint density at radius 3 is 2.26 bits per heavy atom. The number of nitrogens with zero attached hydrogens (tertiary/aromatic N) is 1. The van der Waals surface area contributed by atoms with Crippen molar-refractivity contribution in [2.75, 3.05) is 20.6 Å². The molecule has 19 heavy (non-hydrogen) atoms. The van der Waals surface area contributed by atoms with Gasteiger partial charge in [0.15, 0.2) is 0 Å². The number of aryl methyl sites for hydroxylation is 3. The number of aromatic hydroxyl groups is 1. The lowest BCUT2D eigenvalue weighted by Crippen LogP contribution is -2.13. The van der Waals surface area contributed by atoms with Crippen LogP contribution in [0.15, 0.2) is 12.1 Å². The van der Waals surface area contributed by atoms with E-state index in [-0.39, 0.29) is 0 Å². The highest BCUT2D eigenvalue weighted by Gasteiger charge is 2.07. The van der Waals surface area contributed by atoms with Gasteiger partial charge in [-0.25, -0.2) is 0 Å². The second-order valence-electron chi connectivity index (χ2n) is 5.08. The van der Waals surface area contributed by atoms with Crippen molar-refractivity contribution in [3.63, 3.8) is 0 Å². The van der Waals surface area contributed by atoms with Gasteiger partial charge in [-0.1, -0.05) is 39.3 Å². The van der Waals surface area contributed by atoms with Crippen molar-refractivity contribution in [1.29, 1.82) is 0 Å². The maximum Gasteiger partial charge on any atom is 0.121 e. The van der Waals surface area contributed by atoms with E-state index in [1.165, 1.54) is 5.56 Å². The van der Waals surface area contributed by atoms with Gasteiger partial charge in [0.1, 0.15) is 5.75 Å². The molecule has 0 aliphatic heterocycles. The van der Waals surface area contributed by atoms with Crippen molar-refractivity contribution in [2.24, 2.45) is 0 Å². The summed E-state index contributed by atoms with van der Waals surface area (Å²) in [6.07, 6.45) is 4.31. The Hall–Kier alpha value is -1.02. The first-order valence-corrected chi connectivity index (χ1v) is 7.50. The Labute approximate surface area is 119 Å². The highest BCUT2D eigenvalue weighted by Crippen LogP contribution is 2.25. The van der Waals surface area contributed by atoms with Crippen LogP contribution in [0.4, 0.5) is 0 Å². The van der Waals surface area contributed by atoms with Crippen LogP contribution in [0.1, 0.15) is 50.3 Å². The molecule has 0 radical (unpaired) electrons. The smallest absolute Gasteiger partial charge is 0.121 e. The first-order chi connectivity index (χ1) is 9.04. The Morgan fingerprint density at radius 2 is 1.74 bits per heavy atom. The highest BCUT2D eigenvalue weighted by molar-refractivity contribution is 5.43. The zero-order chi connectivity index (χ0) is 14.8. The second kappa shape index (κ2) is 9.85. The maximum atomic E-state index is 10.0. The van der Waals surface area contributed by atoms with Crippen LogP contribution in [0.5, 0.6) is 5.75 Å². The zero-order valence-corrected chi connectivity index (χ0v) is 13.6. The fraction of sp³-hybridized carbons (Fsp3) is 0.647. The lowest BCUT2D eigenvalue weighted by molar-refractivity contribution is 0.397. The van der Waals surface area contributed by atoms with Gasteiger partial charge in [0.25, 0.3) is 0 Å². The predicted octanol–water partition coefficient (Wildman–Crippen LogP) is 4.17. The van der Waals surface area contributed by atoms with E-state index in [0.29, 0.717) is 5.75 Å². The number of benzene rings is 1. The Kier molecular flexibility index (Phi) is 9.32. The Morgan fingerprint density at radius 1 is 1.11 bits per heavy atom. The van der Waals surface area contributed by atoms with Crippen LogP contribution in [0.3, 0.4) is 0 Å². The third-order valence-corrected chi connectivity index (χ3v) is 3.03. The summed E-state index contributed by atoms with van der Waals surface area (Å²) >= 11 is 0. The Balaban J connectivity index is 0.00000154. The molecule has 0 spiro atoms. The summed E-state index contributed by atoms with van der Waals surface area (Å²) in [4.78, 5) is 2.18. The van der Waals surface area contributed by atoms with Gasteiger partial charge in [-0.05, 0) is 63.5 Å². The fourth-order valence-corrected chi connectivity index (χ4v) is 2.14. The van der Waals surface area contributed by atoms with Crippen molar-refractivity contribution in [3.8, 4) is 5.75 Å².